The first-order valence-corrected chi connectivity index (χ1v) is 8.28. The second-order valence-electron chi connectivity index (χ2n) is 5.66. The number of anilines is 1. The standard InChI is InChI=1S/C20H21N3O2/c1-25-18-11-9-17(10-12-18)23-15-14-22-19(20(23)24)21-13-5-8-16-6-3-2-4-7-16/h2-4,6-7,9-12,14-15H,5,8,13H2,1H3,(H,21,22). The molecule has 0 unspecified atom stereocenters. The molecule has 2 aromatic carbocycles. The Morgan fingerprint density at radius 2 is 1.84 bits per heavy atom. The van der Waals surface area contributed by atoms with E-state index in [1.807, 2.05) is 42.5 Å². The zero-order chi connectivity index (χ0) is 17.5. The van der Waals surface area contributed by atoms with Gasteiger partial charge in [0, 0.05) is 24.6 Å². The number of aromatic nitrogens is 2. The van der Waals surface area contributed by atoms with Crippen molar-refractivity contribution in [2.24, 2.45) is 0 Å². The zero-order valence-electron chi connectivity index (χ0n) is 14.2. The number of methoxy groups -OCH3 is 1. The second kappa shape index (κ2) is 8.15. The molecule has 0 aliphatic rings. The summed E-state index contributed by atoms with van der Waals surface area (Å²) in [5.41, 5.74) is 1.91. The molecule has 128 valence electrons. The fourth-order valence-electron chi connectivity index (χ4n) is 2.62. The van der Waals surface area contributed by atoms with Gasteiger partial charge in [0.25, 0.3) is 5.56 Å². The summed E-state index contributed by atoms with van der Waals surface area (Å²) in [5, 5.41) is 3.15. The third-order valence-corrected chi connectivity index (χ3v) is 3.97. The number of rotatable bonds is 7. The van der Waals surface area contributed by atoms with E-state index in [4.69, 9.17) is 4.74 Å². The van der Waals surface area contributed by atoms with Crippen molar-refractivity contribution in [3.63, 3.8) is 0 Å². The molecule has 1 aromatic heterocycles. The normalized spacial score (nSPS) is 10.4. The maximum absolute atomic E-state index is 12.6. The molecule has 0 radical (unpaired) electrons. The van der Waals surface area contributed by atoms with Gasteiger partial charge in [-0.2, -0.15) is 0 Å². The van der Waals surface area contributed by atoms with Gasteiger partial charge >= 0.3 is 0 Å². The minimum Gasteiger partial charge on any atom is -0.497 e. The Balaban J connectivity index is 1.65. The van der Waals surface area contributed by atoms with E-state index in [0.29, 0.717) is 12.4 Å². The van der Waals surface area contributed by atoms with E-state index in [1.165, 1.54) is 5.56 Å². The highest BCUT2D eigenvalue weighted by Gasteiger charge is 2.06. The molecule has 0 aliphatic carbocycles. The van der Waals surface area contributed by atoms with Crippen LogP contribution in [0, 0.1) is 0 Å². The molecule has 0 atom stereocenters. The van der Waals surface area contributed by atoms with Gasteiger partial charge in [0.05, 0.1) is 7.11 Å². The Kier molecular flexibility index (Phi) is 5.46. The molecule has 1 heterocycles. The molecule has 0 saturated heterocycles. The first kappa shape index (κ1) is 16.8. The summed E-state index contributed by atoms with van der Waals surface area (Å²) < 4.78 is 6.72. The number of hydrogen-bond donors (Lipinski definition) is 1. The maximum atomic E-state index is 12.6. The Morgan fingerprint density at radius 3 is 2.56 bits per heavy atom. The van der Waals surface area contributed by atoms with Crippen LogP contribution in [0.2, 0.25) is 0 Å². The second-order valence-corrected chi connectivity index (χ2v) is 5.66. The number of nitrogens with zero attached hydrogens (tertiary/aromatic N) is 2. The summed E-state index contributed by atoms with van der Waals surface area (Å²) in [6.45, 7) is 0.698. The summed E-state index contributed by atoms with van der Waals surface area (Å²) >= 11 is 0. The van der Waals surface area contributed by atoms with Crippen LogP contribution >= 0.6 is 0 Å². The van der Waals surface area contributed by atoms with Crippen LogP contribution in [0.4, 0.5) is 5.82 Å². The van der Waals surface area contributed by atoms with Crippen molar-refractivity contribution >= 4 is 5.82 Å². The number of hydrogen-bond acceptors (Lipinski definition) is 4. The highest BCUT2D eigenvalue weighted by molar-refractivity contribution is 5.41. The third kappa shape index (κ3) is 4.26. The largest absolute Gasteiger partial charge is 0.497 e. The lowest BCUT2D eigenvalue weighted by atomic mass is 10.1. The molecule has 5 nitrogen and oxygen atoms in total. The minimum absolute atomic E-state index is 0.160. The van der Waals surface area contributed by atoms with Gasteiger partial charge in [0.2, 0.25) is 0 Å². The molecule has 5 heteroatoms. The number of aryl methyl sites for hydroxylation is 1. The summed E-state index contributed by atoms with van der Waals surface area (Å²) in [6, 6.07) is 17.7. The van der Waals surface area contributed by atoms with Crippen molar-refractivity contribution in [1.82, 2.24) is 9.55 Å². The van der Waals surface area contributed by atoms with Gasteiger partial charge in [-0.25, -0.2) is 4.98 Å². The molecule has 0 aliphatic heterocycles. The average Bonchev–Trinajstić information content (AvgIpc) is 2.67. The fourth-order valence-corrected chi connectivity index (χ4v) is 2.62. The van der Waals surface area contributed by atoms with Crippen molar-refractivity contribution in [1.29, 1.82) is 0 Å². The minimum atomic E-state index is -0.160. The van der Waals surface area contributed by atoms with Gasteiger partial charge in [-0.05, 0) is 42.7 Å². The van der Waals surface area contributed by atoms with Crippen LogP contribution in [0.1, 0.15) is 12.0 Å². The van der Waals surface area contributed by atoms with E-state index in [9.17, 15) is 4.79 Å². The van der Waals surface area contributed by atoms with Crippen LogP contribution in [0.5, 0.6) is 5.75 Å². The van der Waals surface area contributed by atoms with Gasteiger partial charge in [0.1, 0.15) is 5.75 Å². The molecular weight excluding hydrogens is 314 g/mol. The van der Waals surface area contributed by atoms with Crippen LogP contribution in [0.3, 0.4) is 0 Å². The molecule has 0 bridgehead atoms. The highest BCUT2D eigenvalue weighted by Crippen LogP contribution is 2.13. The first-order valence-electron chi connectivity index (χ1n) is 8.28. The van der Waals surface area contributed by atoms with Gasteiger partial charge in [-0.1, -0.05) is 30.3 Å². The fraction of sp³-hybridized carbons (Fsp3) is 0.200. The topological polar surface area (TPSA) is 56.1 Å². The molecule has 3 rings (SSSR count). The zero-order valence-corrected chi connectivity index (χ0v) is 14.2. The van der Waals surface area contributed by atoms with E-state index in [0.717, 1.165) is 24.3 Å². The molecule has 0 amide bonds. The first-order chi connectivity index (χ1) is 12.3. The lowest BCUT2D eigenvalue weighted by Gasteiger charge is -2.10. The highest BCUT2D eigenvalue weighted by atomic mass is 16.5. The summed E-state index contributed by atoms with van der Waals surface area (Å²) in [7, 11) is 1.62. The van der Waals surface area contributed by atoms with Gasteiger partial charge in [0.15, 0.2) is 5.82 Å². The molecule has 0 fully saturated rings. The molecular formula is C20H21N3O2. The number of ether oxygens (including phenoxy) is 1. The molecule has 0 saturated carbocycles. The van der Waals surface area contributed by atoms with E-state index in [2.05, 4.69) is 22.4 Å². The maximum Gasteiger partial charge on any atom is 0.297 e. The van der Waals surface area contributed by atoms with E-state index in [-0.39, 0.29) is 5.56 Å². The average molecular weight is 335 g/mol. The smallest absolute Gasteiger partial charge is 0.297 e. The van der Waals surface area contributed by atoms with E-state index >= 15 is 0 Å². The Morgan fingerprint density at radius 1 is 1.08 bits per heavy atom. The van der Waals surface area contributed by atoms with Crippen LogP contribution in [0.15, 0.2) is 71.8 Å². The van der Waals surface area contributed by atoms with Crippen molar-refractivity contribution in [2.75, 3.05) is 19.0 Å². The van der Waals surface area contributed by atoms with Crippen molar-refractivity contribution in [3.8, 4) is 11.4 Å². The Bertz CT molecular complexity index is 858. The van der Waals surface area contributed by atoms with Crippen molar-refractivity contribution < 1.29 is 4.74 Å². The lowest BCUT2D eigenvalue weighted by Crippen LogP contribution is -2.23. The van der Waals surface area contributed by atoms with E-state index < -0.39 is 0 Å². The van der Waals surface area contributed by atoms with Crippen LogP contribution < -0.4 is 15.6 Å². The van der Waals surface area contributed by atoms with Crippen LogP contribution in [-0.2, 0) is 6.42 Å². The van der Waals surface area contributed by atoms with Crippen molar-refractivity contribution in [2.45, 2.75) is 12.8 Å². The molecule has 25 heavy (non-hydrogen) atoms. The van der Waals surface area contributed by atoms with Gasteiger partial charge in [-0.3, -0.25) is 9.36 Å². The summed E-state index contributed by atoms with van der Waals surface area (Å²) in [5.74, 6) is 1.12. The third-order valence-electron chi connectivity index (χ3n) is 3.97. The summed E-state index contributed by atoms with van der Waals surface area (Å²) in [4.78, 5) is 16.8. The van der Waals surface area contributed by atoms with E-state index in [1.54, 1.807) is 24.1 Å². The molecule has 1 N–H and O–H groups in total. The lowest BCUT2D eigenvalue weighted by molar-refractivity contribution is 0.414. The Hall–Kier alpha value is -3.08. The van der Waals surface area contributed by atoms with Crippen LogP contribution in [-0.4, -0.2) is 23.2 Å². The molecule has 3 aromatic rings. The monoisotopic (exact) mass is 335 g/mol. The molecule has 0 spiro atoms. The van der Waals surface area contributed by atoms with Crippen molar-refractivity contribution in [3.05, 3.63) is 82.9 Å². The van der Waals surface area contributed by atoms with Gasteiger partial charge < -0.3 is 10.1 Å². The summed E-state index contributed by atoms with van der Waals surface area (Å²) in [6.07, 6.45) is 5.19. The SMILES string of the molecule is COc1ccc(-n2ccnc(NCCCc3ccccc3)c2=O)cc1. The predicted molar refractivity (Wildman–Crippen MR) is 99.6 cm³/mol. The predicted octanol–water partition coefficient (Wildman–Crippen LogP) is 3.29. The number of nitrogens with one attached hydrogen (secondary N) is 1. The van der Waals surface area contributed by atoms with Crippen LogP contribution in [0.25, 0.3) is 5.69 Å². The number of benzene rings is 2. The Labute approximate surface area is 146 Å². The quantitative estimate of drug-likeness (QED) is 0.673. The van der Waals surface area contributed by atoms with Gasteiger partial charge in [-0.15, -0.1) is 0 Å².